The molecule has 0 N–H and O–H groups in total. The van der Waals surface area contributed by atoms with Gasteiger partial charge in [0.25, 0.3) is 0 Å². The molecule has 0 unspecified atom stereocenters. The van der Waals surface area contributed by atoms with Crippen LogP contribution in [0.5, 0.6) is 0 Å². The van der Waals surface area contributed by atoms with Gasteiger partial charge in [0.15, 0.2) is 0 Å². The zero-order valence-corrected chi connectivity index (χ0v) is 17.4. The summed E-state index contributed by atoms with van der Waals surface area (Å²) in [6.07, 6.45) is 1.70. The smallest absolute Gasteiger partial charge is 0.309 e. The van der Waals surface area contributed by atoms with Gasteiger partial charge in [-0.05, 0) is 50.2 Å². The van der Waals surface area contributed by atoms with E-state index in [1.54, 1.807) is 0 Å². The summed E-state index contributed by atoms with van der Waals surface area (Å²) in [7, 11) is 1.91. The van der Waals surface area contributed by atoms with E-state index in [1.165, 1.54) is 5.56 Å². The molecule has 1 aromatic heterocycles. The molecule has 1 heterocycles. The summed E-state index contributed by atoms with van der Waals surface area (Å²) in [4.78, 5) is 27.3. The Balaban J connectivity index is 1.45. The first kappa shape index (κ1) is 19.7. The van der Waals surface area contributed by atoms with Crippen molar-refractivity contribution in [3.05, 3.63) is 53.3 Å². The molecule has 154 valence electrons. The fraction of sp³-hybridized carbons (Fsp3) is 0.522. The van der Waals surface area contributed by atoms with Gasteiger partial charge in [0.2, 0.25) is 5.91 Å². The summed E-state index contributed by atoms with van der Waals surface area (Å²) in [5.41, 5.74) is 3.19. The first-order chi connectivity index (χ1) is 14.0. The topological polar surface area (TPSA) is 64.4 Å². The van der Waals surface area contributed by atoms with Crippen molar-refractivity contribution in [2.45, 2.75) is 39.2 Å². The predicted octanol–water partition coefficient (Wildman–Crippen LogP) is 3.06. The largest absolute Gasteiger partial charge is 0.466 e. The number of ether oxygens (including phenoxy) is 1. The first-order valence-corrected chi connectivity index (χ1v) is 10.5. The van der Waals surface area contributed by atoms with Crippen molar-refractivity contribution in [2.75, 3.05) is 13.2 Å². The molecule has 2 saturated carbocycles. The molecule has 4 rings (SSSR count). The second kappa shape index (κ2) is 8.01. The standard InChI is InChI=1S/C23H29N3O3/c1-4-29-23(28)20-11-17(20)13-26(14-18-10-15(2)25(3)24-18)22(27)21-12-19(21)16-8-6-5-7-9-16/h5-10,17,19-21H,4,11-14H2,1-3H3/t17-,19+,20-,21-/m1/s1. The van der Waals surface area contributed by atoms with Gasteiger partial charge in [-0.15, -0.1) is 0 Å². The van der Waals surface area contributed by atoms with E-state index >= 15 is 0 Å². The highest BCUT2D eigenvalue weighted by Crippen LogP contribution is 2.49. The Morgan fingerprint density at radius 1 is 1.21 bits per heavy atom. The lowest BCUT2D eigenvalue weighted by molar-refractivity contribution is -0.145. The van der Waals surface area contributed by atoms with E-state index in [1.807, 2.05) is 54.7 Å². The Labute approximate surface area is 171 Å². The number of carbonyl (C=O) groups is 2. The number of esters is 1. The lowest BCUT2D eigenvalue weighted by Gasteiger charge is -2.22. The maximum absolute atomic E-state index is 13.3. The van der Waals surface area contributed by atoms with Crippen LogP contribution in [-0.2, 0) is 27.9 Å². The van der Waals surface area contributed by atoms with Gasteiger partial charge in [-0.2, -0.15) is 5.10 Å². The molecule has 2 aliphatic rings. The van der Waals surface area contributed by atoms with Crippen LogP contribution in [0.15, 0.2) is 36.4 Å². The van der Waals surface area contributed by atoms with E-state index in [0.717, 1.165) is 24.2 Å². The molecule has 2 fully saturated rings. The SMILES string of the molecule is CCOC(=O)[C@@H]1C[C@@H]1CN(Cc1cc(C)n(C)n1)C(=O)[C@@H]1C[C@H]1c1ccccc1. The fourth-order valence-corrected chi connectivity index (χ4v) is 4.18. The number of aryl methyl sites for hydroxylation is 2. The number of rotatable bonds is 8. The molecule has 4 atom stereocenters. The molecule has 1 aromatic carbocycles. The van der Waals surface area contributed by atoms with Gasteiger partial charge < -0.3 is 9.64 Å². The number of hydrogen-bond acceptors (Lipinski definition) is 4. The fourth-order valence-electron chi connectivity index (χ4n) is 4.18. The Bertz CT molecular complexity index is 873. The number of amides is 1. The summed E-state index contributed by atoms with van der Waals surface area (Å²) in [6, 6.07) is 12.3. The van der Waals surface area contributed by atoms with E-state index in [9.17, 15) is 9.59 Å². The highest BCUT2D eigenvalue weighted by molar-refractivity contribution is 5.83. The summed E-state index contributed by atoms with van der Waals surface area (Å²) in [5, 5.41) is 4.53. The molecule has 0 spiro atoms. The quantitative estimate of drug-likeness (QED) is 0.645. The normalized spacial score (nSPS) is 24.8. The molecule has 2 aromatic rings. The number of carbonyl (C=O) groups excluding carboxylic acids is 2. The summed E-state index contributed by atoms with van der Waals surface area (Å²) in [5.74, 6) is 0.499. The summed E-state index contributed by atoms with van der Waals surface area (Å²) >= 11 is 0. The highest BCUT2D eigenvalue weighted by atomic mass is 16.5. The molecule has 0 saturated heterocycles. The van der Waals surface area contributed by atoms with E-state index in [0.29, 0.717) is 25.6 Å². The maximum Gasteiger partial charge on any atom is 0.309 e. The van der Waals surface area contributed by atoms with Gasteiger partial charge in [0.1, 0.15) is 0 Å². The average molecular weight is 396 g/mol. The van der Waals surface area contributed by atoms with Gasteiger partial charge in [0.05, 0.1) is 24.8 Å². The minimum absolute atomic E-state index is 0.0296. The van der Waals surface area contributed by atoms with E-state index in [4.69, 9.17) is 4.74 Å². The highest BCUT2D eigenvalue weighted by Gasteiger charge is 2.49. The minimum Gasteiger partial charge on any atom is -0.466 e. The van der Waals surface area contributed by atoms with Gasteiger partial charge in [-0.25, -0.2) is 0 Å². The molecular formula is C23H29N3O3. The van der Waals surface area contributed by atoms with Crippen LogP contribution in [0.2, 0.25) is 0 Å². The Morgan fingerprint density at radius 3 is 2.62 bits per heavy atom. The predicted molar refractivity (Wildman–Crippen MR) is 109 cm³/mol. The molecule has 6 heteroatoms. The van der Waals surface area contributed by atoms with Crippen LogP contribution in [-0.4, -0.2) is 39.7 Å². The molecule has 2 aliphatic carbocycles. The number of benzene rings is 1. The van der Waals surface area contributed by atoms with Gasteiger partial charge in [0, 0.05) is 25.2 Å². The number of aromatic nitrogens is 2. The molecule has 0 radical (unpaired) electrons. The third-order valence-electron chi connectivity index (χ3n) is 6.13. The Kier molecular flexibility index (Phi) is 5.43. The Hall–Kier alpha value is -2.63. The van der Waals surface area contributed by atoms with Crippen molar-refractivity contribution in [2.24, 2.45) is 24.8 Å². The van der Waals surface area contributed by atoms with Crippen molar-refractivity contribution in [1.82, 2.24) is 14.7 Å². The van der Waals surface area contributed by atoms with Crippen molar-refractivity contribution < 1.29 is 14.3 Å². The second-order valence-corrected chi connectivity index (χ2v) is 8.33. The van der Waals surface area contributed by atoms with Crippen LogP contribution in [0.25, 0.3) is 0 Å². The minimum atomic E-state index is -0.132. The molecule has 0 bridgehead atoms. The van der Waals surface area contributed by atoms with E-state index < -0.39 is 0 Å². The van der Waals surface area contributed by atoms with Crippen LogP contribution < -0.4 is 0 Å². The zero-order valence-electron chi connectivity index (χ0n) is 17.4. The third kappa shape index (κ3) is 4.36. The monoisotopic (exact) mass is 395 g/mol. The average Bonchev–Trinajstić information content (AvgIpc) is 3.61. The summed E-state index contributed by atoms with van der Waals surface area (Å²) in [6.45, 7) is 5.32. The van der Waals surface area contributed by atoms with Crippen LogP contribution in [0.3, 0.4) is 0 Å². The third-order valence-corrected chi connectivity index (χ3v) is 6.13. The van der Waals surface area contributed by atoms with Crippen molar-refractivity contribution in [3.8, 4) is 0 Å². The van der Waals surface area contributed by atoms with E-state index in [2.05, 4.69) is 17.2 Å². The number of hydrogen-bond donors (Lipinski definition) is 0. The van der Waals surface area contributed by atoms with Crippen LogP contribution in [0.4, 0.5) is 0 Å². The lowest BCUT2D eigenvalue weighted by atomic mass is 10.1. The van der Waals surface area contributed by atoms with Crippen molar-refractivity contribution >= 4 is 11.9 Å². The van der Waals surface area contributed by atoms with Gasteiger partial charge in [-0.1, -0.05) is 30.3 Å². The van der Waals surface area contributed by atoms with Crippen molar-refractivity contribution in [3.63, 3.8) is 0 Å². The van der Waals surface area contributed by atoms with Crippen LogP contribution in [0, 0.1) is 24.7 Å². The second-order valence-electron chi connectivity index (χ2n) is 8.33. The molecular weight excluding hydrogens is 366 g/mol. The lowest BCUT2D eigenvalue weighted by Crippen LogP contribution is -2.34. The number of nitrogens with zero attached hydrogens (tertiary/aromatic N) is 3. The molecule has 0 aliphatic heterocycles. The summed E-state index contributed by atoms with van der Waals surface area (Å²) < 4.78 is 6.99. The Morgan fingerprint density at radius 2 is 1.97 bits per heavy atom. The first-order valence-electron chi connectivity index (χ1n) is 10.5. The maximum atomic E-state index is 13.3. The van der Waals surface area contributed by atoms with E-state index in [-0.39, 0.29) is 29.6 Å². The molecule has 29 heavy (non-hydrogen) atoms. The molecule has 1 amide bonds. The zero-order chi connectivity index (χ0) is 20.5. The van der Waals surface area contributed by atoms with Crippen LogP contribution >= 0.6 is 0 Å². The van der Waals surface area contributed by atoms with Gasteiger partial charge in [-0.3, -0.25) is 14.3 Å². The molecule has 6 nitrogen and oxygen atoms in total. The van der Waals surface area contributed by atoms with Gasteiger partial charge >= 0.3 is 5.97 Å². The van der Waals surface area contributed by atoms with Crippen LogP contribution in [0.1, 0.15) is 42.6 Å². The van der Waals surface area contributed by atoms with Crippen molar-refractivity contribution in [1.29, 1.82) is 0 Å².